The zero-order chi connectivity index (χ0) is 21.4. The number of hydrogen-bond acceptors (Lipinski definition) is 6. The molecule has 0 bridgehead atoms. The number of ether oxygens (including phenoxy) is 2. The Labute approximate surface area is 176 Å². The van der Waals surface area contributed by atoms with Crippen LogP contribution in [0, 0.1) is 6.92 Å². The van der Waals surface area contributed by atoms with E-state index < -0.39 is 23.6 Å². The van der Waals surface area contributed by atoms with E-state index in [-0.39, 0.29) is 22.8 Å². The van der Waals surface area contributed by atoms with Gasteiger partial charge in [-0.25, -0.2) is 4.79 Å². The van der Waals surface area contributed by atoms with E-state index in [1.165, 1.54) is 13.2 Å². The van der Waals surface area contributed by atoms with E-state index in [1.807, 2.05) is 0 Å². The van der Waals surface area contributed by atoms with Gasteiger partial charge in [0.25, 0.3) is 5.91 Å². The third kappa shape index (κ3) is 3.59. The second kappa shape index (κ2) is 7.76. The number of anilines is 1. The maximum absolute atomic E-state index is 13.1. The highest BCUT2D eigenvalue weighted by molar-refractivity contribution is 6.30. The van der Waals surface area contributed by atoms with Crippen molar-refractivity contribution in [2.75, 3.05) is 12.4 Å². The molecule has 8 heteroatoms. The van der Waals surface area contributed by atoms with Crippen LogP contribution in [-0.4, -0.2) is 24.2 Å². The van der Waals surface area contributed by atoms with E-state index in [9.17, 15) is 14.7 Å². The Morgan fingerprint density at radius 1 is 1.17 bits per heavy atom. The fourth-order valence-electron chi connectivity index (χ4n) is 3.52. The first-order chi connectivity index (χ1) is 14.4. The Morgan fingerprint density at radius 2 is 1.90 bits per heavy atom. The van der Waals surface area contributed by atoms with E-state index in [0.29, 0.717) is 22.0 Å². The number of aromatic hydroxyl groups is 1. The molecule has 3 aromatic rings. The van der Waals surface area contributed by atoms with Gasteiger partial charge >= 0.3 is 5.63 Å². The first-order valence-electron chi connectivity index (χ1n) is 9.12. The Balaban J connectivity index is 1.76. The summed E-state index contributed by atoms with van der Waals surface area (Å²) in [6.45, 7) is 1.63. The Kier molecular flexibility index (Phi) is 5.13. The van der Waals surface area contributed by atoms with E-state index in [0.717, 1.165) is 0 Å². The molecule has 30 heavy (non-hydrogen) atoms. The predicted molar refractivity (Wildman–Crippen MR) is 111 cm³/mol. The topological polar surface area (TPSA) is 98.0 Å². The van der Waals surface area contributed by atoms with E-state index in [1.54, 1.807) is 49.4 Å². The number of fused-ring (bicyclic) bond motifs is 1. The van der Waals surface area contributed by atoms with Crippen LogP contribution in [0.1, 0.15) is 22.8 Å². The van der Waals surface area contributed by atoms with Gasteiger partial charge < -0.3 is 24.3 Å². The second-order valence-corrected chi connectivity index (χ2v) is 7.30. The van der Waals surface area contributed by atoms with Crippen LogP contribution < -0.4 is 20.4 Å². The fraction of sp³-hybridized carbons (Fsp3) is 0.182. The molecule has 0 saturated heterocycles. The van der Waals surface area contributed by atoms with Gasteiger partial charge in [0.15, 0.2) is 17.6 Å². The zero-order valence-electron chi connectivity index (χ0n) is 16.1. The van der Waals surface area contributed by atoms with Crippen molar-refractivity contribution in [2.24, 2.45) is 0 Å². The minimum Gasteiger partial charge on any atom is -0.504 e. The molecule has 154 valence electrons. The summed E-state index contributed by atoms with van der Waals surface area (Å²) in [5.41, 5.74) is 0.677. The van der Waals surface area contributed by atoms with Crippen molar-refractivity contribution in [1.29, 1.82) is 0 Å². The van der Waals surface area contributed by atoms with Gasteiger partial charge in [0.1, 0.15) is 11.5 Å². The molecule has 0 spiro atoms. The maximum Gasteiger partial charge on any atom is 0.343 e. The molecule has 1 aliphatic rings. The van der Waals surface area contributed by atoms with Crippen LogP contribution in [0.3, 0.4) is 0 Å². The Hall–Kier alpha value is -3.45. The molecular weight excluding hydrogens is 410 g/mol. The van der Waals surface area contributed by atoms with Crippen molar-refractivity contribution in [1.82, 2.24) is 0 Å². The molecule has 0 fully saturated rings. The van der Waals surface area contributed by atoms with Gasteiger partial charge in [-0.2, -0.15) is 0 Å². The van der Waals surface area contributed by atoms with Gasteiger partial charge in [-0.1, -0.05) is 17.7 Å². The van der Waals surface area contributed by atoms with Crippen LogP contribution in [0.15, 0.2) is 57.7 Å². The number of aryl methyl sites for hydroxylation is 1. The molecule has 1 aromatic heterocycles. The lowest BCUT2D eigenvalue weighted by Gasteiger charge is -2.19. The number of hydrogen-bond donors (Lipinski definition) is 2. The number of methoxy groups -OCH3 is 1. The quantitative estimate of drug-likeness (QED) is 0.656. The molecule has 2 aromatic carbocycles. The van der Waals surface area contributed by atoms with Gasteiger partial charge in [-0.3, -0.25) is 4.79 Å². The zero-order valence-corrected chi connectivity index (χ0v) is 16.9. The Morgan fingerprint density at radius 3 is 2.57 bits per heavy atom. The highest BCUT2D eigenvalue weighted by Crippen LogP contribution is 2.43. The number of halogens is 1. The molecule has 7 nitrogen and oxygen atoms in total. The van der Waals surface area contributed by atoms with Crippen molar-refractivity contribution < 1.29 is 23.8 Å². The average molecular weight is 428 g/mol. The third-order valence-electron chi connectivity index (χ3n) is 4.87. The minimum absolute atomic E-state index is 0.114. The molecule has 1 amide bonds. The average Bonchev–Trinajstić information content (AvgIpc) is 3.09. The first-order valence-corrected chi connectivity index (χ1v) is 9.50. The second-order valence-electron chi connectivity index (χ2n) is 6.87. The molecule has 1 aliphatic heterocycles. The summed E-state index contributed by atoms with van der Waals surface area (Å²) in [4.78, 5) is 25.7. The largest absolute Gasteiger partial charge is 0.504 e. The highest BCUT2D eigenvalue weighted by Gasteiger charge is 2.43. The summed E-state index contributed by atoms with van der Waals surface area (Å²) in [6, 6.07) is 12.9. The summed E-state index contributed by atoms with van der Waals surface area (Å²) in [7, 11) is 1.43. The van der Waals surface area contributed by atoms with Gasteiger partial charge in [-0.05, 0) is 48.9 Å². The predicted octanol–water partition coefficient (Wildman–Crippen LogP) is 3.85. The number of benzene rings is 2. The smallest absolute Gasteiger partial charge is 0.343 e. The SMILES string of the molecule is COc1ccc(C2c3c(cc(C)oc3=O)OC2C(=O)Nc2ccc(Cl)cc2)cc1O. The van der Waals surface area contributed by atoms with E-state index >= 15 is 0 Å². The van der Waals surface area contributed by atoms with E-state index in [2.05, 4.69) is 5.32 Å². The molecule has 2 heterocycles. The molecule has 4 rings (SSSR count). The van der Waals surface area contributed by atoms with Crippen LogP contribution in [0.25, 0.3) is 0 Å². The lowest BCUT2D eigenvalue weighted by Crippen LogP contribution is -2.35. The molecular formula is C22H18ClNO6. The number of amides is 1. The van der Waals surface area contributed by atoms with Gasteiger partial charge in [0.05, 0.1) is 18.6 Å². The van der Waals surface area contributed by atoms with Gasteiger partial charge in [0, 0.05) is 16.8 Å². The molecule has 2 N–H and O–H groups in total. The number of phenolic OH excluding ortho intramolecular Hbond substituents is 1. The number of phenols is 1. The maximum atomic E-state index is 13.1. The van der Waals surface area contributed by atoms with E-state index in [4.69, 9.17) is 25.5 Å². The summed E-state index contributed by atoms with van der Waals surface area (Å²) < 4.78 is 16.2. The third-order valence-corrected chi connectivity index (χ3v) is 5.13. The minimum atomic E-state index is -1.05. The summed E-state index contributed by atoms with van der Waals surface area (Å²) in [6.07, 6.45) is -1.05. The van der Waals surface area contributed by atoms with Crippen LogP contribution in [0.2, 0.25) is 5.02 Å². The van der Waals surface area contributed by atoms with Gasteiger partial charge in [0.2, 0.25) is 0 Å². The normalized spacial score (nSPS) is 17.2. The fourth-order valence-corrected chi connectivity index (χ4v) is 3.65. The summed E-state index contributed by atoms with van der Waals surface area (Å²) in [5.74, 6) is -0.422. The highest BCUT2D eigenvalue weighted by atomic mass is 35.5. The number of nitrogens with one attached hydrogen (secondary N) is 1. The van der Waals surface area contributed by atoms with Crippen LogP contribution in [0.4, 0.5) is 5.69 Å². The molecule has 2 unspecified atom stereocenters. The van der Waals surface area contributed by atoms with Crippen molar-refractivity contribution in [2.45, 2.75) is 18.9 Å². The van der Waals surface area contributed by atoms with Crippen LogP contribution >= 0.6 is 11.6 Å². The van der Waals surface area contributed by atoms with Crippen LogP contribution in [-0.2, 0) is 4.79 Å². The first kappa shape index (κ1) is 19.8. The molecule has 0 aliphatic carbocycles. The lowest BCUT2D eigenvalue weighted by molar-refractivity contribution is -0.122. The molecule has 0 saturated carbocycles. The number of rotatable bonds is 4. The lowest BCUT2D eigenvalue weighted by atomic mass is 9.88. The van der Waals surface area contributed by atoms with Crippen molar-refractivity contribution in [3.8, 4) is 17.2 Å². The van der Waals surface area contributed by atoms with Crippen LogP contribution in [0.5, 0.6) is 17.2 Å². The Bertz CT molecular complexity index is 1170. The molecule has 2 atom stereocenters. The molecule has 0 radical (unpaired) electrons. The standard InChI is InChI=1S/C22H18ClNO6/c1-11-9-17-19(22(27)29-11)18(12-3-8-16(28-2)15(25)10-12)20(30-17)21(26)24-14-6-4-13(23)5-7-14/h3-10,18,20,25H,1-2H3,(H,24,26). The van der Waals surface area contributed by atoms with Crippen molar-refractivity contribution in [3.05, 3.63) is 80.9 Å². The summed E-state index contributed by atoms with van der Waals surface area (Å²) in [5, 5.41) is 13.5. The van der Waals surface area contributed by atoms with Gasteiger partial charge in [-0.15, -0.1) is 0 Å². The number of carbonyl (C=O) groups is 1. The monoisotopic (exact) mass is 427 g/mol. The number of carbonyl (C=O) groups excluding carboxylic acids is 1. The van der Waals surface area contributed by atoms with Crippen molar-refractivity contribution >= 4 is 23.2 Å². The summed E-state index contributed by atoms with van der Waals surface area (Å²) >= 11 is 5.89. The van der Waals surface area contributed by atoms with Crippen molar-refractivity contribution in [3.63, 3.8) is 0 Å².